The van der Waals surface area contributed by atoms with Crippen LogP contribution in [0.1, 0.15) is 41.1 Å². The number of rotatable bonds is 7. The number of hydrogen-bond acceptors (Lipinski definition) is 6. The predicted octanol–water partition coefficient (Wildman–Crippen LogP) is 3.69. The lowest BCUT2D eigenvalue weighted by Crippen LogP contribution is -2.64. The van der Waals surface area contributed by atoms with Crippen LogP contribution in [-0.4, -0.2) is 71.0 Å². The first-order valence-corrected chi connectivity index (χ1v) is 14.1. The normalized spacial score (nSPS) is 22.6. The molecule has 5 rings (SSSR count). The summed E-state index contributed by atoms with van der Waals surface area (Å²) in [6.45, 7) is 4.79. The molecule has 214 valence electrons. The Kier molecular flexibility index (Phi) is 7.23. The monoisotopic (exact) mass is 596 g/mol. The van der Waals surface area contributed by atoms with Crippen molar-refractivity contribution >= 4 is 46.4 Å². The number of likely N-dealkylation sites (tertiary alicyclic amines) is 2. The molecule has 1 unspecified atom stereocenters. The third-order valence-electron chi connectivity index (χ3n) is 8.23. The summed E-state index contributed by atoms with van der Waals surface area (Å²) in [6.07, 6.45) is -2.68. The molecule has 2 saturated heterocycles. The Hall–Kier alpha value is -2.99. The van der Waals surface area contributed by atoms with Gasteiger partial charge in [0.25, 0.3) is 5.91 Å². The topological polar surface area (TPSA) is 99.7 Å². The number of carbonyl (C=O) groups is 4. The molecule has 1 saturated carbocycles. The van der Waals surface area contributed by atoms with Gasteiger partial charge in [-0.1, -0.05) is 31.5 Å². The number of amides is 3. The van der Waals surface area contributed by atoms with Crippen LogP contribution in [0.15, 0.2) is 29.9 Å². The summed E-state index contributed by atoms with van der Waals surface area (Å²) in [4.78, 5) is 59.6. The van der Waals surface area contributed by atoms with Gasteiger partial charge in [-0.05, 0) is 29.5 Å². The molecule has 2 atom stereocenters. The Morgan fingerprint density at radius 2 is 1.80 bits per heavy atom. The van der Waals surface area contributed by atoms with Crippen LogP contribution in [0.4, 0.5) is 13.2 Å². The van der Waals surface area contributed by atoms with Gasteiger partial charge < -0.3 is 15.1 Å². The molecule has 3 amide bonds. The van der Waals surface area contributed by atoms with Crippen molar-refractivity contribution in [1.82, 2.24) is 20.1 Å². The van der Waals surface area contributed by atoms with E-state index in [-0.39, 0.29) is 48.2 Å². The zero-order valence-electron chi connectivity index (χ0n) is 21.9. The summed E-state index contributed by atoms with van der Waals surface area (Å²) in [5, 5.41) is 2.16. The third-order valence-corrected chi connectivity index (χ3v) is 9.32. The first kappa shape index (κ1) is 28.5. The average molecular weight is 597 g/mol. The third kappa shape index (κ3) is 5.47. The number of nitrogens with one attached hydrogen (secondary N) is 1. The van der Waals surface area contributed by atoms with Gasteiger partial charge in [0.1, 0.15) is 4.88 Å². The maximum Gasteiger partial charge on any atom is 0.417 e. The second-order valence-electron chi connectivity index (χ2n) is 11.7. The minimum atomic E-state index is -4.66. The van der Waals surface area contributed by atoms with Gasteiger partial charge in [0, 0.05) is 43.9 Å². The van der Waals surface area contributed by atoms with Gasteiger partial charge in [0.2, 0.25) is 11.8 Å². The number of aromatic nitrogens is 1. The lowest BCUT2D eigenvalue weighted by Gasteiger charge is -2.50. The van der Waals surface area contributed by atoms with Crippen molar-refractivity contribution in [3.63, 3.8) is 0 Å². The fraction of sp³-hybridized carbons (Fsp3) is 0.519. The molecule has 8 nitrogen and oxygen atoms in total. The van der Waals surface area contributed by atoms with E-state index >= 15 is 0 Å². The van der Waals surface area contributed by atoms with Gasteiger partial charge in [0.15, 0.2) is 5.78 Å². The maximum absolute atomic E-state index is 13.3. The molecule has 1 aliphatic carbocycles. The molecule has 13 heteroatoms. The largest absolute Gasteiger partial charge is 0.417 e. The standard InChI is InChI=1S/C27H28ClF3N4O4S/c1-25(2)7-18(25)23(38)35-12-26(13-35)11-34(24(39)21-9-32-14-40-21)10-19(26)22(37)33-8-16(36)5-15-3-4-20(28)17(6-15)27(29,30)31/h3-4,6,9,14,18-19H,5,7-8,10-13H2,1-2H3,(H,33,37)/t18-,19?/m1/s1. The second kappa shape index (κ2) is 10.1. The van der Waals surface area contributed by atoms with Crippen molar-refractivity contribution in [2.45, 2.75) is 32.9 Å². The Balaban J connectivity index is 1.24. The number of ketones is 1. The number of halogens is 4. The molecule has 1 spiro atoms. The van der Waals surface area contributed by atoms with Crippen LogP contribution in [0, 0.1) is 22.7 Å². The predicted molar refractivity (Wildman–Crippen MR) is 141 cm³/mol. The van der Waals surface area contributed by atoms with E-state index in [1.54, 1.807) is 15.3 Å². The quantitative estimate of drug-likeness (QED) is 0.526. The molecule has 2 aromatic rings. The Morgan fingerprint density at radius 3 is 2.40 bits per heavy atom. The van der Waals surface area contributed by atoms with Gasteiger partial charge in [-0.15, -0.1) is 11.3 Å². The Morgan fingerprint density at radius 1 is 1.12 bits per heavy atom. The second-order valence-corrected chi connectivity index (χ2v) is 12.9. The van der Waals surface area contributed by atoms with Crippen molar-refractivity contribution in [2.75, 3.05) is 32.7 Å². The van der Waals surface area contributed by atoms with Crippen LogP contribution in [-0.2, 0) is 27.0 Å². The summed E-state index contributed by atoms with van der Waals surface area (Å²) in [5.74, 6) is -1.80. The number of carbonyl (C=O) groups excluding carboxylic acids is 4. The average Bonchev–Trinajstić information content (AvgIpc) is 3.25. The van der Waals surface area contributed by atoms with Gasteiger partial charge in [0.05, 0.1) is 34.8 Å². The lowest BCUT2D eigenvalue weighted by molar-refractivity contribution is -0.151. The van der Waals surface area contributed by atoms with Crippen LogP contribution < -0.4 is 5.32 Å². The van der Waals surface area contributed by atoms with E-state index in [1.807, 2.05) is 13.8 Å². The SMILES string of the molecule is CC1(C)C[C@@H]1C(=O)N1CC2(CN(C(=O)c3cncs3)CC2C(=O)NCC(=O)Cc2ccc(Cl)c(C(F)(F)F)c2)C1. The summed E-state index contributed by atoms with van der Waals surface area (Å²) < 4.78 is 39.5. The van der Waals surface area contributed by atoms with E-state index in [1.165, 1.54) is 23.6 Å². The van der Waals surface area contributed by atoms with Crippen molar-refractivity contribution in [3.05, 3.63) is 50.9 Å². The van der Waals surface area contributed by atoms with E-state index in [9.17, 15) is 32.3 Å². The zero-order chi connectivity index (χ0) is 29.0. The Labute approximate surface area is 237 Å². The molecule has 2 aliphatic heterocycles. The van der Waals surface area contributed by atoms with Crippen molar-refractivity contribution in [3.8, 4) is 0 Å². The minimum Gasteiger partial charge on any atom is -0.349 e. The van der Waals surface area contributed by atoms with Crippen LogP contribution in [0.3, 0.4) is 0 Å². The van der Waals surface area contributed by atoms with E-state index in [0.29, 0.717) is 24.5 Å². The first-order chi connectivity index (χ1) is 18.7. The minimum absolute atomic E-state index is 0.0359. The summed E-state index contributed by atoms with van der Waals surface area (Å²) in [5.41, 5.74) is -0.0216. The number of thiazole rings is 1. The highest BCUT2D eigenvalue weighted by molar-refractivity contribution is 7.11. The molecule has 1 N–H and O–H groups in total. The van der Waals surface area contributed by atoms with E-state index in [2.05, 4.69) is 10.3 Å². The highest BCUT2D eigenvalue weighted by Crippen LogP contribution is 2.54. The molecule has 0 bridgehead atoms. The molecular formula is C27H28ClF3N4O4S. The van der Waals surface area contributed by atoms with Crippen LogP contribution in [0.25, 0.3) is 0 Å². The molecule has 3 heterocycles. The zero-order valence-corrected chi connectivity index (χ0v) is 23.5. The van der Waals surface area contributed by atoms with Crippen molar-refractivity contribution in [2.24, 2.45) is 22.7 Å². The molecule has 3 fully saturated rings. The highest BCUT2D eigenvalue weighted by Gasteiger charge is 2.61. The van der Waals surface area contributed by atoms with E-state index < -0.39 is 39.8 Å². The number of hydrogen-bond donors (Lipinski definition) is 1. The summed E-state index contributed by atoms with van der Waals surface area (Å²) in [7, 11) is 0. The lowest BCUT2D eigenvalue weighted by atomic mass is 9.71. The highest BCUT2D eigenvalue weighted by atomic mass is 35.5. The fourth-order valence-electron chi connectivity index (χ4n) is 5.76. The number of alkyl halides is 3. The molecular weight excluding hydrogens is 569 g/mol. The molecule has 0 radical (unpaired) electrons. The van der Waals surface area contributed by atoms with Gasteiger partial charge in [-0.3, -0.25) is 24.2 Å². The number of benzene rings is 1. The number of Topliss-reactive ketones (excluding diaryl/α,β-unsaturated/α-hetero) is 1. The van der Waals surface area contributed by atoms with Gasteiger partial charge in [-0.2, -0.15) is 13.2 Å². The van der Waals surface area contributed by atoms with Crippen molar-refractivity contribution in [1.29, 1.82) is 0 Å². The molecule has 3 aliphatic rings. The molecule has 1 aromatic heterocycles. The molecule has 40 heavy (non-hydrogen) atoms. The Bertz CT molecular complexity index is 1360. The van der Waals surface area contributed by atoms with Gasteiger partial charge in [-0.25, -0.2) is 0 Å². The van der Waals surface area contributed by atoms with Crippen molar-refractivity contribution < 1.29 is 32.3 Å². The smallest absolute Gasteiger partial charge is 0.349 e. The first-order valence-electron chi connectivity index (χ1n) is 12.8. The molecule has 1 aromatic carbocycles. The fourth-order valence-corrected chi connectivity index (χ4v) is 6.57. The van der Waals surface area contributed by atoms with E-state index in [0.717, 1.165) is 18.6 Å². The summed E-state index contributed by atoms with van der Waals surface area (Å²) >= 11 is 6.85. The van der Waals surface area contributed by atoms with Gasteiger partial charge >= 0.3 is 6.18 Å². The maximum atomic E-state index is 13.3. The summed E-state index contributed by atoms with van der Waals surface area (Å²) in [6, 6.07) is 3.26. The number of nitrogens with zero attached hydrogens (tertiary/aromatic N) is 3. The van der Waals surface area contributed by atoms with Crippen LogP contribution in [0.2, 0.25) is 5.02 Å². The van der Waals surface area contributed by atoms with Crippen LogP contribution in [0.5, 0.6) is 0 Å². The van der Waals surface area contributed by atoms with E-state index in [4.69, 9.17) is 11.6 Å². The van der Waals surface area contributed by atoms with Crippen LogP contribution >= 0.6 is 22.9 Å².